The molecule has 0 unspecified atom stereocenters. The number of nitrogens with zero attached hydrogens (tertiary/aromatic N) is 4. The zero-order valence-corrected chi connectivity index (χ0v) is 14.7. The molecule has 1 N–H and O–H groups in total. The van der Waals surface area contributed by atoms with Crippen LogP contribution in [0.3, 0.4) is 0 Å². The number of nitrogens with one attached hydrogen (secondary N) is 1. The monoisotopic (exact) mass is 373 g/mol. The minimum Gasteiger partial charge on any atom is -0.360 e. The Morgan fingerprint density at radius 2 is 2.15 bits per heavy atom. The number of aryl methyl sites for hydroxylation is 1. The quantitative estimate of drug-likeness (QED) is 0.734. The molecule has 0 aliphatic carbocycles. The van der Waals surface area contributed by atoms with Crippen LogP contribution < -0.4 is 5.32 Å². The third-order valence-corrected chi connectivity index (χ3v) is 4.33. The second-order valence-corrected chi connectivity index (χ2v) is 6.66. The molecule has 1 aliphatic heterocycles. The minimum absolute atomic E-state index is 0.123. The number of benzene rings is 1. The summed E-state index contributed by atoms with van der Waals surface area (Å²) >= 11 is 5.99. The lowest BCUT2D eigenvalue weighted by molar-refractivity contribution is -0.118. The molecule has 1 aromatic carbocycles. The maximum Gasteiger partial charge on any atom is 0.239 e. The van der Waals surface area contributed by atoms with Crippen LogP contribution >= 0.6 is 11.6 Å². The van der Waals surface area contributed by atoms with Crippen molar-refractivity contribution in [3.8, 4) is 11.4 Å². The SMILES string of the molecule is Cc1cc(NC(=O)CN2CC(c3nc(-c4cccc(Cl)c4)no3)C2)no1. The van der Waals surface area contributed by atoms with Crippen molar-refractivity contribution in [2.45, 2.75) is 12.8 Å². The molecule has 9 heteroatoms. The highest BCUT2D eigenvalue weighted by Gasteiger charge is 2.33. The Kier molecular flexibility index (Phi) is 4.44. The molecule has 0 saturated carbocycles. The molecule has 1 amide bonds. The maximum atomic E-state index is 12.0. The first-order valence-corrected chi connectivity index (χ1v) is 8.50. The second-order valence-electron chi connectivity index (χ2n) is 6.23. The van der Waals surface area contributed by atoms with E-state index in [0.29, 0.717) is 41.4 Å². The summed E-state index contributed by atoms with van der Waals surface area (Å²) < 4.78 is 10.3. The average Bonchev–Trinajstić information content (AvgIpc) is 3.20. The molecule has 0 atom stereocenters. The van der Waals surface area contributed by atoms with Crippen LogP contribution in [0.5, 0.6) is 0 Å². The molecule has 2 aromatic heterocycles. The van der Waals surface area contributed by atoms with Gasteiger partial charge in [-0.05, 0) is 19.1 Å². The first kappa shape index (κ1) is 16.7. The highest BCUT2D eigenvalue weighted by atomic mass is 35.5. The van der Waals surface area contributed by atoms with Gasteiger partial charge in [-0.15, -0.1) is 0 Å². The Morgan fingerprint density at radius 3 is 2.88 bits per heavy atom. The molecular formula is C17H16ClN5O3. The number of hydrogen-bond acceptors (Lipinski definition) is 7. The molecule has 1 fully saturated rings. The summed E-state index contributed by atoms with van der Waals surface area (Å²) in [4.78, 5) is 18.4. The lowest BCUT2D eigenvalue weighted by Gasteiger charge is -2.36. The van der Waals surface area contributed by atoms with Crippen LogP contribution in [0.15, 0.2) is 39.4 Å². The largest absolute Gasteiger partial charge is 0.360 e. The van der Waals surface area contributed by atoms with Gasteiger partial charge in [-0.2, -0.15) is 4.98 Å². The molecule has 0 radical (unpaired) electrons. The van der Waals surface area contributed by atoms with Crippen LogP contribution in [0.2, 0.25) is 5.02 Å². The van der Waals surface area contributed by atoms with Gasteiger partial charge >= 0.3 is 0 Å². The van der Waals surface area contributed by atoms with Crippen molar-refractivity contribution in [2.24, 2.45) is 0 Å². The fourth-order valence-electron chi connectivity index (χ4n) is 2.81. The molecule has 1 aliphatic rings. The standard InChI is InChI=1S/C17H16ClN5O3/c1-10-5-14(21-25-10)19-15(24)9-23-7-12(8-23)17-20-16(22-26-17)11-3-2-4-13(18)6-11/h2-6,12H,7-9H2,1H3,(H,19,21,24). The van der Waals surface area contributed by atoms with Gasteiger partial charge in [0.25, 0.3) is 0 Å². The molecular weight excluding hydrogens is 358 g/mol. The molecule has 0 bridgehead atoms. The van der Waals surface area contributed by atoms with Crippen molar-refractivity contribution in [1.29, 1.82) is 0 Å². The number of anilines is 1. The van der Waals surface area contributed by atoms with Crippen molar-refractivity contribution in [1.82, 2.24) is 20.2 Å². The normalized spacial score (nSPS) is 15.0. The van der Waals surface area contributed by atoms with E-state index in [1.807, 2.05) is 17.0 Å². The summed E-state index contributed by atoms with van der Waals surface area (Å²) in [5, 5.41) is 11.1. The van der Waals surface area contributed by atoms with Crippen molar-refractivity contribution < 1.29 is 13.8 Å². The zero-order chi connectivity index (χ0) is 18.1. The van der Waals surface area contributed by atoms with Crippen molar-refractivity contribution in [2.75, 3.05) is 25.0 Å². The minimum atomic E-state index is -0.137. The Bertz CT molecular complexity index is 932. The number of carbonyl (C=O) groups is 1. The Balaban J connectivity index is 1.30. The van der Waals surface area contributed by atoms with Gasteiger partial charge in [-0.25, -0.2) is 0 Å². The fourth-order valence-corrected chi connectivity index (χ4v) is 3.00. The van der Waals surface area contributed by atoms with Gasteiger partial charge in [0.05, 0.1) is 12.5 Å². The Morgan fingerprint density at radius 1 is 1.31 bits per heavy atom. The lowest BCUT2D eigenvalue weighted by Crippen LogP contribution is -2.48. The Labute approximate surface area is 154 Å². The van der Waals surface area contributed by atoms with E-state index in [1.54, 1.807) is 25.1 Å². The first-order valence-electron chi connectivity index (χ1n) is 8.12. The molecule has 134 valence electrons. The molecule has 8 nitrogen and oxygen atoms in total. The number of halogens is 1. The fraction of sp³-hybridized carbons (Fsp3) is 0.294. The number of hydrogen-bond donors (Lipinski definition) is 1. The smallest absolute Gasteiger partial charge is 0.239 e. The molecule has 4 rings (SSSR count). The summed E-state index contributed by atoms with van der Waals surface area (Å²) in [6, 6.07) is 8.98. The van der Waals surface area contributed by atoms with E-state index in [-0.39, 0.29) is 18.4 Å². The highest BCUT2D eigenvalue weighted by molar-refractivity contribution is 6.30. The van der Waals surface area contributed by atoms with E-state index >= 15 is 0 Å². The number of aromatic nitrogens is 3. The topological polar surface area (TPSA) is 97.3 Å². The van der Waals surface area contributed by atoms with Crippen LogP contribution in [0, 0.1) is 6.92 Å². The van der Waals surface area contributed by atoms with Gasteiger partial charge in [0.2, 0.25) is 17.6 Å². The van der Waals surface area contributed by atoms with Gasteiger partial charge in [-0.3, -0.25) is 9.69 Å². The summed E-state index contributed by atoms with van der Waals surface area (Å²) in [7, 11) is 0. The van der Waals surface area contributed by atoms with Crippen molar-refractivity contribution in [3.05, 3.63) is 47.0 Å². The van der Waals surface area contributed by atoms with Crippen LogP contribution in [0.4, 0.5) is 5.82 Å². The number of likely N-dealkylation sites (tertiary alicyclic amines) is 1. The van der Waals surface area contributed by atoms with E-state index in [0.717, 1.165) is 5.56 Å². The summed E-state index contributed by atoms with van der Waals surface area (Å²) in [5.41, 5.74) is 0.811. The van der Waals surface area contributed by atoms with Gasteiger partial charge in [0, 0.05) is 29.7 Å². The van der Waals surface area contributed by atoms with Crippen LogP contribution in [0.25, 0.3) is 11.4 Å². The van der Waals surface area contributed by atoms with E-state index in [9.17, 15) is 4.79 Å². The molecule has 26 heavy (non-hydrogen) atoms. The van der Waals surface area contributed by atoms with Gasteiger partial charge in [0.1, 0.15) is 5.76 Å². The van der Waals surface area contributed by atoms with E-state index in [2.05, 4.69) is 20.6 Å². The summed E-state index contributed by atoms with van der Waals surface area (Å²) in [6.07, 6.45) is 0. The van der Waals surface area contributed by atoms with Crippen molar-refractivity contribution >= 4 is 23.3 Å². The molecule has 0 spiro atoms. The number of carbonyl (C=O) groups excluding carboxylic acids is 1. The molecule has 1 saturated heterocycles. The van der Waals surface area contributed by atoms with Crippen molar-refractivity contribution in [3.63, 3.8) is 0 Å². The number of amides is 1. The third-order valence-electron chi connectivity index (χ3n) is 4.09. The van der Waals surface area contributed by atoms with Gasteiger partial charge in [0.15, 0.2) is 5.82 Å². The summed E-state index contributed by atoms with van der Waals surface area (Å²) in [5.74, 6) is 2.15. The predicted octanol–water partition coefficient (Wildman–Crippen LogP) is 2.72. The number of rotatable bonds is 5. The van der Waals surface area contributed by atoms with Crippen LogP contribution in [-0.4, -0.2) is 45.7 Å². The predicted molar refractivity (Wildman–Crippen MR) is 93.8 cm³/mol. The zero-order valence-electron chi connectivity index (χ0n) is 14.0. The van der Waals surface area contributed by atoms with Crippen LogP contribution in [-0.2, 0) is 4.79 Å². The van der Waals surface area contributed by atoms with E-state index in [4.69, 9.17) is 20.6 Å². The molecule has 3 heterocycles. The average molecular weight is 374 g/mol. The second kappa shape index (κ2) is 6.89. The first-order chi connectivity index (χ1) is 12.6. The summed E-state index contributed by atoms with van der Waals surface area (Å²) in [6.45, 7) is 3.41. The van der Waals surface area contributed by atoms with Gasteiger partial charge in [-0.1, -0.05) is 34.0 Å². The highest BCUT2D eigenvalue weighted by Crippen LogP contribution is 2.28. The molecule has 3 aromatic rings. The third kappa shape index (κ3) is 3.61. The van der Waals surface area contributed by atoms with Crippen LogP contribution in [0.1, 0.15) is 17.6 Å². The Hall–Kier alpha value is -2.71. The van der Waals surface area contributed by atoms with E-state index in [1.165, 1.54) is 0 Å². The lowest BCUT2D eigenvalue weighted by atomic mass is 10.0. The maximum absolute atomic E-state index is 12.0. The van der Waals surface area contributed by atoms with Gasteiger partial charge < -0.3 is 14.4 Å². The van der Waals surface area contributed by atoms with E-state index < -0.39 is 0 Å².